The maximum atomic E-state index is 6.24. The van der Waals surface area contributed by atoms with E-state index in [1.165, 1.54) is 37.7 Å². The third kappa shape index (κ3) is 4.21. The van der Waals surface area contributed by atoms with Crippen LogP contribution in [0.2, 0.25) is 5.02 Å². The number of halogens is 2. The second-order valence-electron chi connectivity index (χ2n) is 5.96. The number of nitrogens with zero attached hydrogens (tertiary/aromatic N) is 1. The van der Waals surface area contributed by atoms with Gasteiger partial charge in [-0.05, 0) is 36.9 Å². The average Bonchev–Trinajstić information content (AvgIpc) is 2.42. The van der Waals surface area contributed by atoms with Crippen LogP contribution in [0, 0.1) is 5.41 Å². The summed E-state index contributed by atoms with van der Waals surface area (Å²) in [5, 5.41) is 2.00. The molecule has 1 aromatic rings. The average molecular weight is 345 g/mol. The Kier molecular flexibility index (Phi) is 5.73. The molecule has 0 radical (unpaired) electrons. The molecule has 0 unspecified atom stereocenters. The van der Waals surface area contributed by atoms with Crippen LogP contribution >= 0.6 is 27.5 Å². The molecule has 1 nitrogen and oxygen atoms in total. The Morgan fingerprint density at radius 2 is 1.89 bits per heavy atom. The third-order valence-electron chi connectivity index (χ3n) is 4.20. The molecule has 2 rings (SSSR count). The minimum atomic E-state index is 0.467. The Bertz CT molecular complexity index is 401. The molecule has 1 fully saturated rings. The maximum absolute atomic E-state index is 6.24. The third-order valence-corrected chi connectivity index (χ3v) is 5.76. The highest BCUT2D eigenvalue weighted by Gasteiger charge is 2.32. The summed E-state index contributed by atoms with van der Waals surface area (Å²) in [6.07, 6.45) is 6.87. The summed E-state index contributed by atoms with van der Waals surface area (Å²) in [4.78, 5) is 2.42. The zero-order valence-electron chi connectivity index (χ0n) is 11.7. The second-order valence-corrected chi connectivity index (χ2v) is 6.93. The van der Waals surface area contributed by atoms with Gasteiger partial charge in [-0.3, -0.25) is 0 Å². The van der Waals surface area contributed by atoms with Crippen molar-refractivity contribution < 1.29 is 0 Å². The van der Waals surface area contributed by atoms with Gasteiger partial charge in [0.2, 0.25) is 0 Å². The molecule has 1 saturated carbocycles. The molecule has 19 heavy (non-hydrogen) atoms. The summed E-state index contributed by atoms with van der Waals surface area (Å²) in [6, 6.07) is 8.16. The summed E-state index contributed by atoms with van der Waals surface area (Å²) < 4.78 is 0. The van der Waals surface area contributed by atoms with E-state index in [1.54, 1.807) is 0 Å². The summed E-state index contributed by atoms with van der Waals surface area (Å²) in [5.41, 5.74) is 1.70. The van der Waals surface area contributed by atoms with Crippen LogP contribution in [0.3, 0.4) is 0 Å². The maximum Gasteiger partial charge on any atom is 0.0451 e. The molecule has 1 aliphatic carbocycles. The molecule has 0 aliphatic heterocycles. The lowest BCUT2D eigenvalue weighted by Crippen LogP contribution is -2.38. The van der Waals surface area contributed by atoms with Crippen LogP contribution in [-0.4, -0.2) is 23.8 Å². The first-order valence-electron chi connectivity index (χ1n) is 7.13. The van der Waals surface area contributed by atoms with E-state index in [0.717, 1.165) is 23.4 Å². The number of hydrogen-bond donors (Lipinski definition) is 0. The fraction of sp³-hybridized carbons (Fsp3) is 0.625. The Morgan fingerprint density at radius 3 is 2.53 bits per heavy atom. The van der Waals surface area contributed by atoms with E-state index >= 15 is 0 Å². The monoisotopic (exact) mass is 343 g/mol. The fourth-order valence-corrected chi connectivity index (χ4v) is 4.12. The zero-order chi connectivity index (χ0) is 13.7. The predicted octanol–water partition coefficient (Wildman–Crippen LogP) is 5.12. The van der Waals surface area contributed by atoms with E-state index in [1.807, 2.05) is 12.1 Å². The first kappa shape index (κ1) is 15.3. The second kappa shape index (κ2) is 7.10. The Balaban J connectivity index is 1.96. The van der Waals surface area contributed by atoms with Crippen molar-refractivity contribution in [3.8, 4) is 0 Å². The van der Waals surface area contributed by atoms with Gasteiger partial charge in [-0.15, -0.1) is 0 Å². The summed E-state index contributed by atoms with van der Waals surface area (Å²) in [6.45, 7) is 2.10. The van der Waals surface area contributed by atoms with Crippen LogP contribution in [0.25, 0.3) is 0 Å². The molecule has 0 aromatic heterocycles. The highest BCUT2D eigenvalue weighted by Crippen LogP contribution is 2.38. The molecule has 0 heterocycles. The highest BCUT2D eigenvalue weighted by atomic mass is 79.9. The van der Waals surface area contributed by atoms with Crippen LogP contribution < -0.4 is 0 Å². The van der Waals surface area contributed by atoms with Gasteiger partial charge >= 0.3 is 0 Å². The number of rotatable bonds is 5. The Hall–Kier alpha value is -0.0500. The van der Waals surface area contributed by atoms with Gasteiger partial charge in [0, 0.05) is 23.4 Å². The molecule has 0 bridgehead atoms. The van der Waals surface area contributed by atoms with Gasteiger partial charge in [0.1, 0.15) is 0 Å². The van der Waals surface area contributed by atoms with Gasteiger partial charge in [-0.1, -0.05) is 65.0 Å². The van der Waals surface area contributed by atoms with Crippen molar-refractivity contribution >= 4 is 27.5 Å². The van der Waals surface area contributed by atoms with Crippen LogP contribution in [0.5, 0.6) is 0 Å². The van der Waals surface area contributed by atoms with Gasteiger partial charge < -0.3 is 4.90 Å². The lowest BCUT2D eigenvalue weighted by atomic mass is 9.75. The van der Waals surface area contributed by atoms with Crippen LogP contribution in [-0.2, 0) is 6.54 Å². The quantitative estimate of drug-likeness (QED) is 0.670. The van der Waals surface area contributed by atoms with Crippen LogP contribution in [0.15, 0.2) is 24.3 Å². The number of hydrogen-bond acceptors (Lipinski definition) is 1. The van der Waals surface area contributed by atoms with E-state index in [9.17, 15) is 0 Å². The van der Waals surface area contributed by atoms with Crippen molar-refractivity contribution in [3.63, 3.8) is 0 Å². The van der Waals surface area contributed by atoms with E-state index in [-0.39, 0.29) is 0 Å². The molecular weight excluding hydrogens is 322 g/mol. The van der Waals surface area contributed by atoms with Gasteiger partial charge in [0.15, 0.2) is 0 Å². The molecule has 1 aromatic carbocycles. The standard InChI is InChI=1S/C16H23BrClN/c1-19(11-14-7-3-4-8-15(14)18)13-16(12-17)9-5-2-6-10-16/h3-4,7-8H,2,5-6,9-13H2,1H3. The van der Waals surface area contributed by atoms with E-state index in [4.69, 9.17) is 11.6 Å². The molecule has 0 saturated heterocycles. The lowest BCUT2D eigenvalue weighted by molar-refractivity contribution is 0.141. The molecule has 106 valence electrons. The first-order valence-corrected chi connectivity index (χ1v) is 8.63. The zero-order valence-corrected chi connectivity index (χ0v) is 14.0. The van der Waals surface area contributed by atoms with E-state index < -0.39 is 0 Å². The SMILES string of the molecule is CN(Cc1ccccc1Cl)CC1(CBr)CCCCC1. The minimum Gasteiger partial charge on any atom is -0.301 e. The van der Waals surface area contributed by atoms with E-state index in [2.05, 4.69) is 40.0 Å². The molecule has 0 N–H and O–H groups in total. The van der Waals surface area contributed by atoms with Gasteiger partial charge in [-0.25, -0.2) is 0 Å². The normalized spacial score (nSPS) is 18.7. The molecule has 0 spiro atoms. The highest BCUT2D eigenvalue weighted by molar-refractivity contribution is 9.09. The molecule has 0 atom stereocenters. The smallest absolute Gasteiger partial charge is 0.0451 e. The largest absolute Gasteiger partial charge is 0.301 e. The number of alkyl halides is 1. The van der Waals surface area contributed by atoms with Crippen molar-refractivity contribution in [1.29, 1.82) is 0 Å². The van der Waals surface area contributed by atoms with Crippen molar-refractivity contribution in [3.05, 3.63) is 34.9 Å². The summed E-state index contributed by atoms with van der Waals surface area (Å²) in [5.74, 6) is 0. The van der Waals surface area contributed by atoms with Gasteiger partial charge in [0.25, 0.3) is 0 Å². The molecule has 3 heteroatoms. The summed E-state index contributed by atoms with van der Waals surface area (Å²) >= 11 is 9.99. The molecular formula is C16H23BrClN. The predicted molar refractivity (Wildman–Crippen MR) is 87.1 cm³/mol. The molecule has 1 aliphatic rings. The molecule has 0 amide bonds. The number of benzene rings is 1. The van der Waals surface area contributed by atoms with Crippen molar-refractivity contribution in [2.24, 2.45) is 5.41 Å². The topological polar surface area (TPSA) is 3.24 Å². The Morgan fingerprint density at radius 1 is 1.21 bits per heavy atom. The first-order chi connectivity index (χ1) is 9.15. The van der Waals surface area contributed by atoms with E-state index in [0.29, 0.717) is 5.41 Å². The van der Waals surface area contributed by atoms with Crippen molar-refractivity contribution in [2.75, 3.05) is 18.9 Å². The van der Waals surface area contributed by atoms with Crippen molar-refractivity contribution in [1.82, 2.24) is 4.90 Å². The van der Waals surface area contributed by atoms with Crippen molar-refractivity contribution in [2.45, 2.75) is 38.6 Å². The van der Waals surface area contributed by atoms with Crippen LogP contribution in [0.4, 0.5) is 0 Å². The summed E-state index contributed by atoms with van der Waals surface area (Å²) in [7, 11) is 2.21. The Labute approximate surface area is 130 Å². The van der Waals surface area contributed by atoms with Crippen LogP contribution in [0.1, 0.15) is 37.7 Å². The fourth-order valence-electron chi connectivity index (χ4n) is 3.18. The van der Waals surface area contributed by atoms with Gasteiger partial charge in [-0.2, -0.15) is 0 Å². The van der Waals surface area contributed by atoms with Gasteiger partial charge in [0.05, 0.1) is 0 Å². The minimum absolute atomic E-state index is 0.467. The lowest BCUT2D eigenvalue weighted by Gasteiger charge is -2.39.